The molecule has 0 bridgehead atoms. The van der Waals surface area contributed by atoms with Crippen LogP contribution < -0.4 is 0 Å². The molecule has 5 heteroatoms. The van der Waals surface area contributed by atoms with Gasteiger partial charge in [-0.1, -0.05) is 90.5 Å². The Morgan fingerprint density at radius 3 is 2.22 bits per heavy atom. The third-order valence-electron chi connectivity index (χ3n) is 8.04. The molecule has 4 nitrogen and oxygen atoms in total. The summed E-state index contributed by atoms with van der Waals surface area (Å²) in [5.74, 6) is 0.749. The summed E-state index contributed by atoms with van der Waals surface area (Å²) in [6.07, 6.45) is 0. The Hall–Kier alpha value is -5.19. The maximum Gasteiger partial charge on any atom is 0.165 e. The van der Waals surface area contributed by atoms with Gasteiger partial charge in [-0.2, -0.15) is 0 Å². The minimum absolute atomic E-state index is 0.670. The highest BCUT2D eigenvalue weighted by molar-refractivity contribution is 6.32. The Kier molecular flexibility index (Phi) is 4.63. The number of rotatable bonds is 2. The highest BCUT2D eigenvalue weighted by Gasteiger charge is 2.23. The molecule has 9 aromatic rings. The number of furan rings is 1. The molecule has 0 amide bonds. The van der Waals surface area contributed by atoms with Crippen molar-refractivity contribution in [2.75, 3.05) is 0 Å². The van der Waals surface area contributed by atoms with Gasteiger partial charge < -0.3 is 4.42 Å². The van der Waals surface area contributed by atoms with Crippen LogP contribution in [-0.2, 0) is 0 Å². The van der Waals surface area contributed by atoms with Crippen molar-refractivity contribution in [3.8, 4) is 17.1 Å². The molecule has 0 aliphatic heterocycles. The van der Waals surface area contributed by atoms with E-state index < -0.39 is 0 Å². The smallest absolute Gasteiger partial charge is 0.165 e. The van der Waals surface area contributed by atoms with E-state index in [1.54, 1.807) is 0 Å². The van der Waals surface area contributed by atoms with Gasteiger partial charge in [0.2, 0.25) is 0 Å². The molecule has 6 aromatic carbocycles. The van der Waals surface area contributed by atoms with Crippen molar-refractivity contribution in [3.05, 3.63) is 126 Å². The molecule has 0 aliphatic carbocycles. The molecule has 0 saturated heterocycles. The van der Waals surface area contributed by atoms with E-state index in [0.717, 1.165) is 66.5 Å². The Balaban J connectivity index is 1.49. The fourth-order valence-electron chi connectivity index (χ4n) is 6.29. The normalized spacial score (nSPS) is 12.0. The van der Waals surface area contributed by atoms with Crippen LogP contribution in [0.5, 0.6) is 0 Å². The zero-order chi connectivity index (χ0) is 27.1. The molecule has 0 aliphatic rings. The molecular weight excluding hydrogens is 526 g/mol. The Morgan fingerprint density at radius 1 is 0.561 bits per heavy atom. The van der Waals surface area contributed by atoms with Crippen LogP contribution in [0.25, 0.3) is 82.6 Å². The summed E-state index contributed by atoms with van der Waals surface area (Å²) in [6.45, 7) is 0. The van der Waals surface area contributed by atoms with Crippen LogP contribution in [0.15, 0.2) is 126 Å². The van der Waals surface area contributed by atoms with E-state index in [1.165, 1.54) is 16.2 Å². The molecule has 41 heavy (non-hydrogen) atoms. The first kappa shape index (κ1) is 22.6. The number of para-hydroxylation sites is 3. The lowest BCUT2D eigenvalue weighted by molar-refractivity contribution is 0.669. The summed E-state index contributed by atoms with van der Waals surface area (Å²) in [4.78, 5) is 10.6. The van der Waals surface area contributed by atoms with Crippen LogP contribution in [-0.4, -0.2) is 14.5 Å². The van der Waals surface area contributed by atoms with Crippen molar-refractivity contribution in [1.29, 1.82) is 0 Å². The third kappa shape index (κ3) is 3.22. The van der Waals surface area contributed by atoms with E-state index in [2.05, 4.69) is 59.2 Å². The average Bonchev–Trinajstić information content (AvgIpc) is 3.56. The number of benzene rings is 6. The summed E-state index contributed by atoms with van der Waals surface area (Å²) in [5, 5.41) is 7.41. The molecule has 3 aromatic heterocycles. The predicted octanol–water partition coefficient (Wildman–Crippen LogP) is 10.1. The van der Waals surface area contributed by atoms with Crippen molar-refractivity contribution < 1.29 is 4.42 Å². The molecule has 0 fully saturated rings. The molecule has 0 spiro atoms. The summed E-state index contributed by atoms with van der Waals surface area (Å²) in [6, 6.07) is 41.3. The van der Waals surface area contributed by atoms with Crippen molar-refractivity contribution in [2.45, 2.75) is 0 Å². The number of nitrogens with zero attached hydrogens (tertiary/aromatic N) is 3. The molecule has 9 rings (SSSR count). The molecule has 0 N–H and O–H groups in total. The van der Waals surface area contributed by atoms with Gasteiger partial charge in [0.25, 0.3) is 0 Å². The van der Waals surface area contributed by atoms with Crippen molar-refractivity contribution in [3.63, 3.8) is 0 Å². The minimum atomic E-state index is 0.670. The zero-order valence-electron chi connectivity index (χ0n) is 21.7. The second-order valence-electron chi connectivity index (χ2n) is 10.3. The van der Waals surface area contributed by atoms with E-state index >= 15 is 0 Å². The lowest BCUT2D eigenvalue weighted by Gasteiger charge is -2.14. The third-order valence-corrected chi connectivity index (χ3v) is 8.27. The van der Waals surface area contributed by atoms with Gasteiger partial charge in [0, 0.05) is 32.1 Å². The number of hydrogen-bond donors (Lipinski definition) is 0. The molecule has 192 valence electrons. The Labute approximate surface area is 239 Å². The quantitative estimate of drug-likeness (QED) is 0.217. The first-order valence-corrected chi connectivity index (χ1v) is 13.9. The lowest BCUT2D eigenvalue weighted by atomic mass is 10.0. The number of hydrogen-bond acceptors (Lipinski definition) is 3. The van der Waals surface area contributed by atoms with Crippen LogP contribution in [0.1, 0.15) is 0 Å². The maximum absolute atomic E-state index is 6.64. The van der Waals surface area contributed by atoms with E-state index in [9.17, 15) is 0 Å². The Morgan fingerprint density at radius 2 is 1.32 bits per heavy atom. The van der Waals surface area contributed by atoms with Gasteiger partial charge in [-0.15, -0.1) is 0 Å². The number of fused-ring (bicyclic) bond motifs is 9. The maximum atomic E-state index is 6.64. The second kappa shape index (κ2) is 8.40. The fraction of sp³-hybridized carbons (Fsp3) is 0. The van der Waals surface area contributed by atoms with Gasteiger partial charge in [0.1, 0.15) is 16.9 Å². The molecular formula is C36H20ClN3O. The van der Waals surface area contributed by atoms with E-state index in [-0.39, 0.29) is 0 Å². The first-order chi connectivity index (χ1) is 20.2. The molecule has 0 unspecified atom stereocenters. The fourth-order valence-corrected chi connectivity index (χ4v) is 6.45. The SMILES string of the molecule is Clc1ccc2c3c4ccccc4ccc3n(-c3nc4ccccc4nc3-c3cccc4oc5ccccc5c34)c2c1. The topological polar surface area (TPSA) is 43.9 Å². The molecule has 0 radical (unpaired) electrons. The van der Waals surface area contributed by atoms with Crippen LogP contribution in [0, 0.1) is 0 Å². The van der Waals surface area contributed by atoms with Crippen LogP contribution in [0.3, 0.4) is 0 Å². The van der Waals surface area contributed by atoms with Crippen molar-refractivity contribution in [2.24, 2.45) is 0 Å². The second-order valence-corrected chi connectivity index (χ2v) is 10.8. The predicted molar refractivity (Wildman–Crippen MR) is 169 cm³/mol. The van der Waals surface area contributed by atoms with Gasteiger partial charge >= 0.3 is 0 Å². The van der Waals surface area contributed by atoms with Gasteiger partial charge in [-0.25, -0.2) is 9.97 Å². The van der Waals surface area contributed by atoms with Gasteiger partial charge in [0.15, 0.2) is 5.82 Å². The van der Waals surface area contributed by atoms with Crippen LogP contribution in [0.4, 0.5) is 0 Å². The lowest BCUT2D eigenvalue weighted by Crippen LogP contribution is -2.04. The molecule has 0 saturated carbocycles. The van der Waals surface area contributed by atoms with E-state index in [4.69, 9.17) is 26.0 Å². The summed E-state index contributed by atoms with van der Waals surface area (Å²) >= 11 is 6.64. The van der Waals surface area contributed by atoms with Gasteiger partial charge in [0.05, 0.1) is 22.1 Å². The zero-order valence-corrected chi connectivity index (χ0v) is 22.4. The average molecular weight is 546 g/mol. The Bertz CT molecular complexity index is 2510. The minimum Gasteiger partial charge on any atom is -0.456 e. The van der Waals surface area contributed by atoms with Gasteiger partial charge in [-0.3, -0.25) is 4.57 Å². The number of aromatic nitrogens is 3. The standard InChI is InChI=1S/C36H20ClN3O/c37-22-17-18-24-30(20-22)40(29-19-16-21-8-1-2-9-23(21)33(24)29)36-35(38-27-12-4-5-13-28(27)39-36)26-11-7-15-32-34(26)25-10-3-6-14-31(25)41-32/h1-20H. The highest BCUT2D eigenvalue weighted by atomic mass is 35.5. The summed E-state index contributed by atoms with van der Waals surface area (Å²) < 4.78 is 8.49. The monoisotopic (exact) mass is 545 g/mol. The van der Waals surface area contributed by atoms with Gasteiger partial charge in [-0.05, 0) is 53.2 Å². The van der Waals surface area contributed by atoms with Crippen LogP contribution in [0.2, 0.25) is 5.02 Å². The van der Waals surface area contributed by atoms with Crippen molar-refractivity contribution in [1.82, 2.24) is 14.5 Å². The van der Waals surface area contributed by atoms with Crippen molar-refractivity contribution >= 4 is 77.2 Å². The molecule has 0 atom stereocenters. The summed E-state index contributed by atoms with van der Waals surface area (Å²) in [5.41, 5.74) is 7.12. The molecule has 3 heterocycles. The number of halogens is 1. The first-order valence-electron chi connectivity index (χ1n) is 13.5. The highest BCUT2D eigenvalue weighted by Crippen LogP contribution is 2.42. The van der Waals surface area contributed by atoms with Crippen LogP contribution >= 0.6 is 11.6 Å². The largest absolute Gasteiger partial charge is 0.456 e. The van der Waals surface area contributed by atoms with E-state index in [1.807, 2.05) is 66.7 Å². The van der Waals surface area contributed by atoms with E-state index in [0.29, 0.717) is 5.02 Å². The summed E-state index contributed by atoms with van der Waals surface area (Å²) in [7, 11) is 0.